The first-order chi connectivity index (χ1) is 16.5. The van der Waals surface area contributed by atoms with Gasteiger partial charge in [0.25, 0.3) is 0 Å². The summed E-state index contributed by atoms with van der Waals surface area (Å²) in [5.41, 5.74) is 4.43. The Balaban J connectivity index is 1.58. The molecular formula is C27H29FN4OS. The minimum Gasteiger partial charge on any atom is -0.348 e. The van der Waals surface area contributed by atoms with E-state index in [0.29, 0.717) is 23.1 Å². The summed E-state index contributed by atoms with van der Waals surface area (Å²) < 4.78 is 18.7. The Bertz CT molecular complexity index is 1280. The minimum absolute atomic E-state index is 0.0607. The topological polar surface area (TPSA) is 52.7 Å². The summed E-state index contributed by atoms with van der Waals surface area (Å²) in [5, 5.41) is 9.26. The molecule has 5 nitrogen and oxygen atoms in total. The molecule has 0 saturated carbocycles. The van der Waals surface area contributed by atoms with E-state index in [1.54, 1.807) is 18.2 Å². The number of rotatable bonds is 10. The van der Waals surface area contributed by atoms with Crippen LogP contribution in [0.1, 0.15) is 40.7 Å². The Hall–Kier alpha value is -3.19. The number of nitrogens with zero attached hydrogens (tertiary/aromatic N) is 4. The summed E-state index contributed by atoms with van der Waals surface area (Å²) in [4.78, 5) is 13.1. The monoisotopic (exact) mass is 476 g/mol. The molecule has 4 rings (SSSR count). The highest BCUT2D eigenvalue weighted by molar-refractivity contribution is 7.99. The van der Waals surface area contributed by atoms with E-state index >= 15 is 0 Å². The summed E-state index contributed by atoms with van der Waals surface area (Å²) in [5.74, 6) is 0.444. The first-order valence-corrected chi connectivity index (χ1v) is 12.5. The lowest BCUT2D eigenvalue weighted by atomic mass is 10.1. The van der Waals surface area contributed by atoms with Crippen LogP contribution in [0.2, 0.25) is 0 Å². The van der Waals surface area contributed by atoms with Crippen LogP contribution in [0.5, 0.6) is 0 Å². The number of carbonyl (C=O) groups excluding carboxylic acids is 1. The van der Waals surface area contributed by atoms with Crippen molar-refractivity contribution in [2.45, 2.75) is 51.9 Å². The molecule has 0 spiro atoms. The number of aryl methyl sites for hydroxylation is 2. The number of hydrogen-bond acceptors (Lipinski definition) is 4. The van der Waals surface area contributed by atoms with Gasteiger partial charge in [-0.25, -0.2) is 4.39 Å². The molecule has 2 heterocycles. The fourth-order valence-electron chi connectivity index (χ4n) is 4.18. The molecule has 2 aromatic heterocycles. The Morgan fingerprint density at radius 1 is 0.971 bits per heavy atom. The molecule has 7 heteroatoms. The van der Waals surface area contributed by atoms with Gasteiger partial charge in [-0.2, -0.15) is 0 Å². The predicted octanol–water partition coefficient (Wildman–Crippen LogP) is 6.13. The second-order valence-corrected chi connectivity index (χ2v) is 9.26. The lowest BCUT2D eigenvalue weighted by molar-refractivity contribution is 0.102. The standard InChI is InChI=1S/C27H29FN4OS/c1-4-15-31-19(2)17-23(20(31)3)25(33)18-34-27-30-29-26(22-12-8-9-13-24(22)28)32(27)16-14-21-10-6-5-7-11-21/h5-13,17H,4,14-16,18H2,1-3H3. The summed E-state index contributed by atoms with van der Waals surface area (Å²) >= 11 is 1.35. The normalized spacial score (nSPS) is 11.2. The molecule has 0 radical (unpaired) electrons. The molecule has 4 aromatic rings. The van der Waals surface area contributed by atoms with Gasteiger partial charge in [-0.3, -0.25) is 4.79 Å². The molecule has 2 aromatic carbocycles. The number of carbonyl (C=O) groups is 1. The number of hydrogen-bond donors (Lipinski definition) is 0. The van der Waals surface area contributed by atoms with Gasteiger partial charge >= 0.3 is 0 Å². The molecule has 0 aliphatic carbocycles. The third-order valence-corrected chi connectivity index (χ3v) is 6.92. The number of Topliss-reactive ketones (excluding diaryl/α,β-unsaturated/α-hetero) is 1. The van der Waals surface area contributed by atoms with Crippen LogP contribution in [0.3, 0.4) is 0 Å². The zero-order valence-corrected chi connectivity index (χ0v) is 20.6. The van der Waals surface area contributed by atoms with Gasteiger partial charge in [0.2, 0.25) is 0 Å². The van der Waals surface area contributed by atoms with Crippen molar-refractivity contribution in [2.75, 3.05) is 5.75 Å². The molecule has 0 unspecified atom stereocenters. The van der Waals surface area contributed by atoms with Crippen LogP contribution in [-0.2, 0) is 19.5 Å². The molecule has 0 aliphatic heterocycles. The Morgan fingerprint density at radius 3 is 2.44 bits per heavy atom. The lowest BCUT2D eigenvalue weighted by Crippen LogP contribution is -2.09. The highest BCUT2D eigenvalue weighted by Crippen LogP contribution is 2.27. The van der Waals surface area contributed by atoms with Crippen molar-refractivity contribution in [1.29, 1.82) is 0 Å². The van der Waals surface area contributed by atoms with Crippen molar-refractivity contribution < 1.29 is 9.18 Å². The summed E-state index contributed by atoms with van der Waals surface area (Å²) in [6, 6.07) is 18.7. The molecule has 0 saturated heterocycles. The molecule has 176 valence electrons. The zero-order valence-electron chi connectivity index (χ0n) is 19.8. The lowest BCUT2D eigenvalue weighted by Gasteiger charge is -2.11. The first-order valence-electron chi connectivity index (χ1n) is 11.5. The van der Waals surface area contributed by atoms with Gasteiger partial charge in [-0.15, -0.1) is 10.2 Å². The Labute approximate surface area is 204 Å². The van der Waals surface area contributed by atoms with Gasteiger partial charge in [-0.1, -0.05) is 61.2 Å². The summed E-state index contributed by atoms with van der Waals surface area (Å²) in [6.07, 6.45) is 1.77. The van der Waals surface area contributed by atoms with E-state index in [2.05, 4.69) is 33.8 Å². The summed E-state index contributed by atoms with van der Waals surface area (Å²) in [6.45, 7) is 7.65. The number of ketones is 1. The average Bonchev–Trinajstić information content (AvgIpc) is 3.38. The van der Waals surface area contributed by atoms with E-state index in [0.717, 1.165) is 36.3 Å². The van der Waals surface area contributed by atoms with Crippen molar-refractivity contribution in [2.24, 2.45) is 0 Å². The fourth-order valence-corrected chi connectivity index (χ4v) is 5.03. The van der Waals surface area contributed by atoms with E-state index in [4.69, 9.17) is 0 Å². The quantitative estimate of drug-likeness (QED) is 0.204. The number of thioether (sulfide) groups is 1. The minimum atomic E-state index is -0.341. The van der Waals surface area contributed by atoms with Crippen LogP contribution in [-0.4, -0.2) is 30.9 Å². The molecule has 0 N–H and O–H groups in total. The zero-order chi connectivity index (χ0) is 24.1. The van der Waals surface area contributed by atoms with Crippen LogP contribution in [0.4, 0.5) is 4.39 Å². The SMILES string of the molecule is CCCn1c(C)cc(C(=O)CSc2nnc(-c3ccccc3F)n2CCc2ccccc2)c1C. The van der Waals surface area contributed by atoms with Crippen LogP contribution in [0, 0.1) is 19.7 Å². The van der Waals surface area contributed by atoms with Crippen molar-refractivity contribution in [1.82, 2.24) is 19.3 Å². The fraction of sp³-hybridized carbons (Fsp3) is 0.296. The van der Waals surface area contributed by atoms with Crippen LogP contribution < -0.4 is 0 Å². The van der Waals surface area contributed by atoms with Crippen molar-refractivity contribution >= 4 is 17.5 Å². The highest BCUT2D eigenvalue weighted by Gasteiger charge is 2.20. The van der Waals surface area contributed by atoms with Gasteiger partial charge < -0.3 is 9.13 Å². The second kappa shape index (κ2) is 10.8. The first kappa shape index (κ1) is 24.0. The van der Waals surface area contributed by atoms with Gasteiger partial charge in [0.15, 0.2) is 16.8 Å². The Morgan fingerprint density at radius 2 is 1.71 bits per heavy atom. The van der Waals surface area contributed by atoms with Gasteiger partial charge in [0, 0.05) is 30.0 Å². The van der Waals surface area contributed by atoms with Crippen molar-refractivity contribution in [3.63, 3.8) is 0 Å². The molecule has 0 atom stereocenters. The van der Waals surface area contributed by atoms with E-state index in [-0.39, 0.29) is 17.4 Å². The number of halogens is 1. The van der Waals surface area contributed by atoms with Crippen molar-refractivity contribution in [3.8, 4) is 11.4 Å². The molecule has 0 fully saturated rings. The predicted molar refractivity (Wildman–Crippen MR) is 135 cm³/mol. The second-order valence-electron chi connectivity index (χ2n) is 8.32. The molecule has 0 bridgehead atoms. The van der Waals surface area contributed by atoms with Crippen LogP contribution >= 0.6 is 11.8 Å². The third-order valence-electron chi connectivity index (χ3n) is 5.95. The molecule has 0 aliphatic rings. The maximum atomic E-state index is 14.6. The molecular weight excluding hydrogens is 447 g/mol. The summed E-state index contributed by atoms with van der Waals surface area (Å²) in [7, 11) is 0. The van der Waals surface area contributed by atoms with E-state index in [1.165, 1.54) is 23.4 Å². The van der Waals surface area contributed by atoms with Crippen LogP contribution in [0.15, 0.2) is 65.8 Å². The van der Waals surface area contributed by atoms with E-state index in [1.807, 2.05) is 42.7 Å². The highest BCUT2D eigenvalue weighted by atomic mass is 32.2. The van der Waals surface area contributed by atoms with Crippen molar-refractivity contribution in [3.05, 3.63) is 89.0 Å². The molecule has 0 amide bonds. The van der Waals surface area contributed by atoms with Gasteiger partial charge in [0.05, 0.1) is 11.3 Å². The maximum absolute atomic E-state index is 14.6. The smallest absolute Gasteiger partial charge is 0.191 e. The van der Waals surface area contributed by atoms with Gasteiger partial charge in [0.1, 0.15) is 5.82 Å². The average molecular weight is 477 g/mol. The number of benzene rings is 2. The third kappa shape index (κ3) is 5.14. The molecule has 34 heavy (non-hydrogen) atoms. The largest absolute Gasteiger partial charge is 0.348 e. The number of aromatic nitrogens is 4. The van der Waals surface area contributed by atoms with Crippen LogP contribution in [0.25, 0.3) is 11.4 Å². The Kier molecular flexibility index (Phi) is 7.63. The maximum Gasteiger partial charge on any atom is 0.191 e. The van der Waals surface area contributed by atoms with E-state index < -0.39 is 0 Å². The van der Waals surface area contributed by atoms with Gasteiger partial charge in [-0.05, 0) is 50.5 Å². The van der Waals surface area contributed by atoms with E-state index in [9.17, 15) is 9.18 Å².